The van der Waals surface area contributed by atoms with Gasteiger partial charge in [0.1, 0.15) is 6.61 Å². The Bertz CT molecular complexity index is 646. The monoisotopic (exact) mass is 375 g/mol. The second kappa shape index (κ2) is 8.93. The maximum atomic E-state index is 12.8. The first-order valence-corrected chi connectivity index (χ1v) is 10.2. The number of rotatable bonds is 9. The number of ether oxygens (including phenoxy) is 2. The summed E-state index contributed by atoms with van der Waals surface area (Å²) in [5.74, 6) is 2.24. The average molecular weight is 376 g/mol. The Kier molecular flexibility index (Phi) is 6.60. The van der Waals surface area contributed by atoms with Gasteiger partial charge < -0.3 is 25.4 Å². The van der Waals surface area contributed by atoms with Gasteiger partial charge in [-0.1, -0.05) is 13.8 Å². The van der Waals surface area contributed by atoms with Crippen molar-refractivity contribution in [3.05, 3.63) is 18.2 Å². The normalized spacial score (nSPS) is 26.4. The van der Waals surface area contributed by atoms with Gasteiger partial charge in [0.05, 0.1) is 13.0 Å². The molecule has 1 amide bonds. The van der Waals surface area contributed by atoms with E-state index in [9.17, 15) is 4.79 Å². The van der Waals surface area contributed by atoms with Gasteiger partial charge in [0.2, 0.25) is 5.91 Å². The lowest BCUT2D eigenvalue weighted by atomic mass is 9.84. The molecule has 1 aromatic carbocycles. The summed E-state index contributed by atoms with van der Waals surface area (Å²) in [6, 6.07) is 5.53. The molecule has 3 N–H and O–H groups in total. The Morgan fingerprint density at radius 1 is 1.22 bits per heavy atom. The smallest absolute Gasteiger partial charge is 0.229 e. The molecule has 2 bridgehead atoms. The molecule has 2 aliphatic carbocycles. The van der Waals surface area contributed by atoms with E-state index in [1.807, 2.05) is 18.2 Å². The van der Waals surface area contributed by atoms with E-state index < -0.39 is 0 Å². The predicted molar refractivity (Wildman–Crippen MR) is 107 cm³/mol. The number of hydrogen-bond acceptors (Lipinski definition) is 5. The van der Waals surface area contributed by atoms with Crippen molar-refractivity contribution in [2.24, 2.45) is 23.5 Å². The van der Waals surface area contributed by atoms with Crippen molar-refractivity contribution >= 4 is 11.6 Å². The van der Waals surface area contributed by atoms with Crippen LogP contribution in [0, 0.1) is 17.8 Å². The molecule has 27 heavy (non-hydrogen) atoms. The van der Waals surface area contributed by atoms with Crippen LogP contribution in [0.25, 0.3) is 0 Å². The molecular weight excluding hydrogens is 342 g/mol. The number of nitrogens with zero attached hydrogens (tertiary/aromatic N) is 1. The number of anilines is 1. The maximum absolute atomic E-state index is 12.8. The molecule has 0 heterocycles. The number of amides is 1. The fourth-order valence-corrected chi connectivity index (χ4v) is 4.64. The van der Waals surface area contributed by atoms with Gasteiger partial charge in [-0.05, 0) is 56.3 Å². The summed E-state index contributed by atoms with van der Waals surface area (Å²) in [6.45, 7) is 7.70. The highest BCUT2D eigenvalue weighted by Crippen LogP contribution is 2.48. The van der Waals surface area contributed by atoms with Crippen LogP contribution >= 0.6 is 0 Å². The van der Waals surface area contributed by atoms with E-state index >= 15 is 0 Å². The van der Waals surface area contributed by atoms with Gasteiger partial charge in [0.15, 0.2) is 11.5 Å². The van der Waals surface area contributed by atoms with E-state index in [0.29, 0.717) is 29.9 Å². The Morgan fingerprint density at radius 2 is 1.96 bits per heavy atom. The van der Waals surface area contributed by atoms with Gasteiger partial charge in [0, 0.05) is 24.3 Å². The number of nitrogens with one attached hydrogen (secondary N) is 1. The van der Waals surface area contributed by atoms with Gasteiger partial charge in [-0.3, -0.25) is 4.79 Å². The van der Waals surface area contributed by atoms with Crippen LogP contribution in [0.3, 0.4) is 0 Å². The number of methoxy groups -OCH3 is 1. The molecule has 0 aromatic heterocycles. The molecule has 2 fully saturated rings. The van der Waals surface area contributed by atoms with Crippen LogP contribution in [0.1, 0.15) is 33.1 Å². The lowest BCUT2D eigenvalue weighted by molar-refractivity contribution is -0.121. The van der Waals surface area contributed by atoms with Gasteiger partial charge >= 0.3 is 0 Å². The lowest BCUT2D eigenvalue weighted by Crippen LogP contribution is -2.42. The van der Waals surface area contributed by atoms with E-state index in [-0.39, 0.29) is 17.9 Å². The largest absolute Gasteiger partial charge is 0.493 e. The van der Waals surface area contributed by atoms with Crippen LogP contribution in [0.5, 0.6) is 11.5 Å². The van der Waals surface area contributed by atoms with E-state index in [2.05, 4.69) is 24.1 Å². The standard InChI is InChI=1S/C21H33N3O3/c1-4-24(5-2)10-11-27-18-13-16(8-9-17(18)26-3)23-21(25)19-14-6-7-15(12-14)20(19)22/h8-9,13-15,19-20H,4-7,10-12,22H2,1-3H3,(H,23,25). The van der Waals surface area contributed by atoms with Gasteiger partial charge in [-0.2, -0.15) is 0 Å². The van der Waals surface area contributed by atoms with Crippen molar-refractivity contribution in [2.75, 3.05) is 38.7 Å². The molecule has 0 radical (unpaired) electrons. The van der Waals surface area contributed by atoms with Gasteiger partial charge in [-0.15, -0.1) is 0 Å². The number of fused-ring (bicyclic) bond motifs is 2. The molecule has 6 nitrogen and oxygen atoms in total. The molecule has 150 valence electrons. The van der Waals surface area contributed by atoms with Crippen molar-refractivity contribution in [3.63, 3.8) is 0 Å². The van der Waals surface area contributed by atoms with Crippen molar-refractivity contribution < 1.29 is 14.3 Å². The Hall–Kier alpha value is -1.79. The number of hydrogen-bond donors (Lipinski definition) is 2. The van der Waals surface area contributed by atoms with Crippen molar-refractivity contribution in [1.82, 2.24) is 4.90 Å². The quantitative estimate of drug-likeness (QED) is 0.694. The summed E-state index contributed by atoms with van der Waals surface area (Å²) in [5, 5.41) is 3.05. The van der Waals surface area contributed by atoms with Gasteiger partial charge in [-0.25, -0.2) is 0 Å². The van der Waals surface area contributed by atoms with Crippen LogP contribution in [0.4, 0.5) is 5.69 Å². The summed E-state index contributed by atoms with van der Waals surface area (Å²) in [5.41, 5.74) is 7.03. The third-order valence-corrected chi connectivity index (χ3v) is 6.27. The molecule has 4 atom stereocenters. The zero-order chi connectivity index (χ0) is 19.4. The van der Waals surface area contributed by atoms with Crippen molar-refractivity contribution in [1.29, 1.82) is 0 Å². The van der Waals surface area contributed by atoms with Crippen LogP contribution in [-0.4, -0.2) is 50.2 Å². The molecule has 4 unspecified atom stereocenters. The van der Waals surface area contributed by atoms with E-state index in [1.165, 1.54) is 6.42 Å². The number of benzene rings is 1. The summed E-state index contributed by atoms with van der Waals surface area (Å²) >= 11 is 0. The average Bonchev–Trinajstić information content (AvgIpc) is 3.26. The minimum atomic E-state index is -0.0714. The lowest BCUT2D eigenvalue weighted by Gasteiger charge is -2.27. The maximum Gasteiger partial charge on any atom is 0.229 e. The van der Waals surface area contributed by atoms with E-state index in [0.717, 1.165) is 38.2 Å². The van der Waals surface area contributed by atoms with E-state index in [1.54, 1.807) is 7.11 Å². The topological polar surface area (TPSA) is 76.8 Å². The second-order valence-electron chi connectivity index (χ2n) is 7.67. The third-order valence-electron chi connectivity index (χ3n) is 6.27. The molecule has 2 saturated carbocycles. The highest BCUT2D eigenvalue weighted by molar-refractivity contribution is 5.94. The number of likely N-dealkylation sites (N-methyl/N-ethyl adjacent to an activating group) is 1. The molecule has 2 aliphatic rings. The van der Waals surface area contributed by atoms with Crippen LogP contribution < -0.4 is 20.5 Å². The highest BCUT2D eigenvalue weighted by Gasteiger charge is 2.49. The first-order chi connectivity index (χ1) is 13.1. The predicted octanol–water partition coefficient (Wildman–Crippen LogP) is 2.73. The first-order valence-electron chi connectivity index (χ1n) is 10.2. The first kappa shape index (κ1) is 20.0. The molecule has 1 aromatic rings. The summed E-state index contributed by atoms with van der Waals surface area (Å²) < 4.78 is 11.3. The fourth-order valence-electron chi connectivity index (χ4n) is 4.64. The minimum Gasteiger partial charge on any atom is -0.493 e. The third kappa shape index (κ3) is 4.38. The molecule has 3 rings (SSSR count). The Balaban J connectivity index is 1.63. The summed E-state index contributed by atoms with van der Waals surface area (Å²) in [6.07, 6.45) is 3.39. The van der Waals surface area contributed by atoms with Crippen LogP contribution in [0.15, 0.2) is 18.2 Å². The molecular formula is C21H33N3O3. The molecule has 0 spiro atoms. The zero-order valence-corrected chi connectivity index (χ0v) is 16.7. The summed E-state index contributed by atoms with van der Waals surface area (Å²) in [4.78, 5) is 15.1. The fraction of sp³-hybridized carbons (Fsp3) is 0.667. The molecule has 0 saturated heterocycles. The number of carbonyl (C=O) groups excluding carboxylic acids is 1. The summed E-state index contributed by atoms with van der Waals surface area (Å²) in [7, 11) is 1.62. The second-order valence-corrected chi connectivity index (χ2v) is 7.67. The molecule has 6 heteroatoms. The Labute approximate surface area is 162 Å². The Morgan fingerprint density at radius 3 is 2.59 bits per heavy atom. The number of carbonyl (C=O) groups is 1. The zero-order valence-electron chi connectivity index (χ0n) is 16.7. The van der Waals surface area contributed by atoms with Crippen LogP contribution in [-0.2, 0) is 4.79 Å². The highest BCUT2D eigenvalue weighted by atomic mass is 16.5. The SMILES string of the molecule is CCN(CC)CCOc1cc(NC(=O)C2C3CCC(C3)C2N)ccc1OC. The minimum absolute atomic E-state index is 0.00760. The van der Waals surface area contributed by atoms with Crippen molar-refractivity contribution in [2.45, 2.75) is 39.2 Å². The van der Waals surface area contributed by atoms with Crippen molar-refractivity contribution in [3.8, 4) is 11.5 Å². The molecule has 0 aliphatic heterocycles. The van der Waals surface area contributed by atoms with Gasteiger partial charge in [0.25, 0.3) is 0 Å². The number of nitrogens with two attached hydrogens (primary N) is 1. The van der Waals surface area contributed by atoms with E-state index in [4.69, 9.17) is 15.2 Å². The van der Waals surface area contributed by atoms with Crippen LogP contribution in [0.2, 0.25) is 0 Å².